The molecule has 2 fully saturated rings. The molecule has 13 heavy (non-hydrogen) atoms. The minimum absolute atomic E-state index is 0.963. The lowest BCUT2D eigenvalue weighted by atomic mass is 9.96. The highest BCUT2D eigenvalue weighted by Crippen LogP contribution is 2.30. The molecule has 1 saturated heterocycles. The summed E-state index contributed by atoms with van der Waals surface area (Å²) in [6.07, 6.45) is 5.79. The topological polar surface area (TPSA) is 6.48 Å². The molecule has 1 heterocycles. The zero-order valence-corrected chi connectivity index (χ0v) is 9.00. The number of piperidine rings is 1. The van der Waals surface area contributed by atoms with Gasteiger partial charge in [0.05, 0.1) is 0 Å². The summed E-state index contributed by atoms with van der Waals surface area (Å²) in [6.45, 7) is 4.02. The van der Waals surface area contributed by atoms with Gasteiger partial charge in [-0.05, 0) is 58.8 Å². The summed E-state index contributed by atoms with van der Waals surface area (Å²) in [6, 6.07) is 0.986. The maximum Gasteiger partial charge on any atom is 0.00964 e. The number of rotatable bonds is 3. The van der Waals surface area contributed by atoms with E-state index in [9.17, 15) is 0 Å². The molecule has 0 aromatic heterocycles. The fourth-order valence-corrected chi connectivity index (χ4v) is 2.46. The van der Waals surface area contributed by atoms with Gasteiger partial charge in [-0.3, -0.25) is 0 Å². The molecule has 0 spiro atoms. The first-order valence-electron chi connectivity index (χ1n) is 5.64. The van der Waals surface area contributed by atoms with Crippen molar-refractivity contribution >= 4 is 0 Å². The summed E-state index contributed by atoms with van der Waals surface area (Å²) in [7, 11) is 4.38. The van der Waals surface area contributed by atoms with Crippen LogP contribution in [0, 0.1) is 5.92 Å². The molecule has 2 aliphatic rings. The fourth-order valence-electron chi connectivity index (χ4n) is 2.46. The van der Waals surface area contributed by atoms with Gasteiger partial charge in [0.1, 0.15) is 0 Å². The van der Waals surface area contributed by atoms with Gasteiger partial charge < -0.3 is 9.80 Å². The van der Waals surface area contributed by atoms with Crippen LogP contribution >= 0.6 is 0 Å². The van der Waals surface area contributed by atoms with E-state index in [2.05, 4.69) is 23.9 Å². The highest BCUT2D eigenvalue weighted by atomic mass is 15.2. The Labute approximate surface area is 81.9 Å². The maximum atomic E-state index is 2.70. The largest absolute Gasteiger partial charge is 0.309 e. The Morgan fingerprint density at radius 1 is 1.08 bits per heavy atom. The molecule has 0 radical (unpaired) electrons. The third-order valence-electron chi connectivity index (χ3n) is 3.34. The van der Waals surface area contributed by atoms with Crippen LogP contribution in [-0.4, -0.2) is 49.6 Å². The van der Waals surface area contributed by atoms with Crippen molar-refractivity contribution in [3.63, 3.8) is 0 Å². The van der Waals surface area contributed by atoms with Crippen LogP contribution in [0.15, 0.2) is 0 Å². The summed E-state index contributed by atoms with van der Waals surface area (Å²) < 4.78 is 0. The molecule has 1 saturated carbocycles. The van der Waals surface area contributed by atoms with Gasteiger partial charge in [-0.1, -0.05) is 0 Å². The third kappa shape index (κ3) is 2.68. The highest BCUT2D eigenvalue weighted by molar-refractivity contribution is 4.87. The monoisotopic (exact) mass is 182 g/mol. The van der Waals surface area contributed by atoms with E-state index in [1.807, 2.05) is 0 Å². The van der Waals surface area contributed by atoms with Crippen LogP contribution in [0.5, 0.6) is 0 Å². The molecule has 0 atom stereocenters. The van der Waals surface area contributed by atoms with E-state index < -0.39 is 0 Å². The molecule has 0 aromatic rings. The molecule has 0 bridgehead atoms. The van der Waals surface area contributed by atoms with Crippen molar-refractivity contribution in [1.82, 2.24) is 9.80 Å². The first-order chi connectivity index (χ1) is 6.25. The highest BCUT2D eigenvalue weighted by Gasteiger charge is 2.31. The summed E-state index contributed by atoms with van der Waals surface area (Å²) in [5, 5.41) is 0. The van der Waals surface area contributed by atoms with Crippen LogP contribution in [0.3, 0.4) is 0 Å². The van der Waals surface area contributed by atoms with Crippen molar-refractivity contribution in [2.45, 2.75) is 31.7 Å². The molecule has 76 valence electrons. The van der Waals surface area contributed by atoms with E-state index in [0.717, 1.165) is 12.0 Å². The summed E-state index contributed by atoms with van der Waals surface area (Å²) >= 11 is 0. The van der Waals surface area contributed by atoms with Gasteiger partial charge >= 0.3 is 0 Å². The van der Waals surface area contributed by atoms with E-state index >= 15 is 0 Å². The lowest BCUT2D eigenvalue weighted by molar-refractivity contribution is 0.156. The first-order valence-corrected chi connectivity index (χ1v) is 5.64. The van der Waals surface area contributed by atoms with Crippen molar-refractivity contribution in [1.29, 1.82) is 0 Å². The number of nitrogens with zero attached hydrogens (tertiary/aromatic N) is 2. The van der Waals surface area contributed by atoms with E-state index in [1.54, 1.807) is 0 Å². The Morgan fingerprint density at radius 2 is 1.69 bits per heavy atom. The van der Waals surface area contributed by atoms with E-state index in [1.165, 1.54) is 45.3 Å². The predicted octanol–water partition coefficient (Wildman–Crippen LogP) is 1.42. The van der Waals surface area contributed by atoms with Crippen LogP contribution in [-0.2, 0) is 0 Å². The third-order valence-corrected chi connectivity index (χ3v) is 3.34. The quantitative estimate of drug-likeness (QED) is 0.651. The van der Waals surface area contributed by atoms with E-state index in [4.69, 9.17) is 0 Å². The summed E-state index contributed by atoms with van der Waals surface area (Å²) in [5.41, 5.74) is 0. The number of hydrogen-bond donors (Lipinski definition) is 0. The van der Waals surface area contributed by atoms with Gasteiger partial charge in [-0.25, -0.2) is 0 Å². The number of likely N-dealkylation sites (tertiary alicyclic amines) is 1. The normalized spacial score (nSPS) is 27.0. The Morgan fingerprint density at radius 3 is 2.15 bits per heavy atom. The lowest BCUT2D eigenvalue weighted by Gasteiger charge is -2.33. The van der Waals surface area contributed by atoms with Gasteiger partial charge in [0.25, 0.3) is 0 Å². The van der Waals surface area contributed by atoms with Crippen LogP contribution in [0.2, 0.25) is 0 Å². The van der Waals surface area contributed by atoms with Crippen LogP contribution < -0.4 is 0 Å². The number of hydrogen-bond acceptors (Lipinski definition) is 2. The summed E-state index contributed by atoms with van der Waals surface area (Å²) in [5.74, 6) is 0.963. The first kappa shape index (κ1) is 9.47. The van der Waals surface area contributed by atoms with Crippen molar-refractivity contribution < 1.29 is 0 Å². The van der Waals surface area contributed by atoms with Gasteiger partial charge in [-0.2, -0.15) is 0 Å². The predicted molar refractivity (Wildman–Crippen MR) is 55.9 cm³/mol. The molecule has 0 unspecified atom stereocenters. The average molecular weight is 182 g/mol. The zero-order valence-electron chi connectivity index (χ0n) is 9.00. The second kappa shape index (κ2) is 3.97. The van der Waals surface area contributed by atoms with Gasteiger partial charge in [-0.15, -0.1) is 0 Å². The van der Waals surface area contributed by atoms with Crippen molar-refractivity contribution in [3.8, 4) is 0 Å². The molecule has 1 aliphatic heterocycles. The second-order valence-corrected chi connectivity index (χ2v) is 4.97. The minimum Gasteiger partial charge on any atom is -0.309 e. The minimum atomic E-state index is 0.963. The maximum absolute atomic E-state index is 2.70. The molecule has 1 aliphatic carbocycles. The van der Waals surface area contributed by atoms with E-state index in [-0.39, 0.29) is 0 Å². The van der Waals surface area contributed by atoms with Gasteiger partial charge in [0, 0.05) is 12.6 Å². The molecular formula is C11H22N2. The lowest BCUT2D eigenvalue weighted by Crippen LogP contribution is -2.38. The van der Waals surface area contributed by atoms with Gasteiger partial charge in [0.15, 0.2) is 0 Å². The fraction of sp³-hybridized carbons (Fsp3) is 1.00. The molecule has 0 amide bonds. The second-order valence-electron chi connectivity index (χ2n) is 4.97. The Balaban J connectivity index is 1.69. The Hall–Kier alpha value is -0.0800. The standard InChI is InChI=1S/C11H22N2/c1-12(2)9-10-5-7-13(8-6-10)11-3-4-11/h10-11H,3-9H2,1-2H3. The van der Waals surface area contributed by atoms with Crippen LogP contribution in [0.1, 0.15) is 25.7 Å². The molecule has 2 heteroatoms. The van der Waals surface area contributed by atoms with E-state index in [0.29, 0.717) is 0 Å². The van der Waals surface area contributed by atoms with Crippen molar-refractivity contribution in [2.24, 2.45) is 5.92 Å². The smallest absolute Gasteiger partial charge is 0.00964 e. The molecule has 0 N–H and O–H groups in total. The molecule has 2 nitrogen and oxygen atoms in total. The van der Waals surface area contributed by atoms with Gasteiger partial charge in [0.2, 0.25) is 0 Å². The van der Waals surface area contributed by atoms with Crippen molar-refractivity contribution in [3.05, 3.63) is 0 Å². The molecule has 2 rings (SSSR count). The van der Waals surface area contributed by atoms with Crippen LogP contribution in [0.4, 0.5) is 0 Å². The van der Waals surface area contributed by atoms with Crippen LogP contribution in [0.25, 0.3) is 0 Å². The Kier molecular flexibility index (Phi) is 2.89. The van der Waals surface area contributed by atoms with Crippen molar-refractivity contribution in [2.75, 3.05) is 33.7 Å². The average Bonchev–Trinajstić information content (AvgIpc) is 2.87. The molecule has 0 aromatic carbocycles. The zero-order chi connectivity index (χ0) is 9.26. The Bertz CT molecular complexity index is 155. The summed E-state index contributed by atoms with van der Waals surface area (Å²) in [4.78, 5) is 5.03. The molecular weight excluding hydrogens is 160 g/mol. The SMILES string of the molecule is CN(C)CC1CCN(C2CC2)CC1.